The number of aromatic nitrogens is 2. The Kier molecular flexibility index (Phi) is 4.17. The highest BCUT2D eigenvalue weighted by molar-refractivity contribution is 9.10. The van der Waals surface area contributed by atoms with Gasteiger partial charge in [0.2, 0.25) is 0 Å². The molecule has 0 aliphatic rings. The SMILES string of the molecule is CCn1c(CNc2cc(Cl)ccc2Br)nc2ccccc21. The molecule has 3 nitrogen and oxygen atoms in total. The summed E-state index contributed by atoms with van der Waals surface area (Å²) in [7, 11) is 0. The Morgan fingerprint density at radius 2 is 2.05 bits per heavy atom. The van der Waals surface area contributed by atoms with E-state index in [-0.39, 0.29) is 0 Å². The number of nitrogens with one attached hydrogen (secondary N) is 1. The van der Waals surface area contributed by atoms with Gasteiger partial charge in [-0.1, -0.05) is 23.7 Å². The summed E-state index contributed by atoms with van der Waals surface area (Å²) in [6.07, 6.45) is 0. The number of aryl methyl sites for hydroxylation is 1. The molecule has 0 fully saturated rings. The number of imidazole rings is 1. The summed E-state index contributed by atoms with van der Waals surface area (Å²) < 4.78 is 3.21. The van der Waals surface area contributed by atoms with Crippen molar-refractivity contribution in [1.82, 2.24) is 9.55 Å². The van der Waals surface area contributed by atoms with Crippen molar-refractivity contribution in [2.45, 2.75) is 20.0 Å². The third kappa shape index (κ3) is 2.92. The third-order valence-electron chi connectivity index (χ3n) is 3.42. The zero-order chi connectivity index (χ0) is 14.8. The molecule has 0 saturated heterocycles. The van der Waals surface area contributed by atoms with E-state index in [1.807, 2.05) is 36.4 Å². The summed E-state index contributed by atoms with van der Waals surface area (Å²) in [4.78, 5) is 4.70. The normalized spacial score (nSPS) is 11.0. The lowest BCUT2D eigenvalue weighted by atomic mass is 10.3. The van der Waals surface area contributed by atoms with E-state index in [0.29, 0.717) is 11.6 Å². The minimum Gasteiger partial charge on any atom is -0.377 e. The summed E-state index contributed by atoms with van der Waals surface area (Å²) in [6.45, 7) is 3.68. The second-order valence-corrected chi connectivity index (χ2v) is 6.03. The molecule has 0 saturated carbocycles. The van der Waals surface area contributed by atoms with Crippen molar-refractivity contribution >= 4 is 44.3 Å². The van der Waals surface area contributed by atoms with Crippen LogP contribution in [0.1, 0.15) is 12.7 Å². The Balaban J connectivity index is 1.89. The molecule has 0 radical (unpaired) electrons. The number of benzene rings is 2. The van der Waals surface area contributed by atoms with Gasteiger partial charge < -0.3 is 9.88 Å². The van der Waals surface area contributed by atoms with Gasteiger partial charge in [-0.25, -0.2) is 4.98 Å². The van der Waals surface area contributed by atoms with Gasteiger partial charge in [0.25, 0.3) is 0 Å². The molecule has 0 atom stereocenters. The zero-order valence-corrected chi connectivity index (χ0v) is 13.9. The van der Waals surface area contributed by atoms with E-state index >= 15 is 0 Å². The largest absolute Gasteiger partial charge is 0.377 e. The van der Waals surface area contributed by atoms with Crippen LogP contribution >= 0.6 is 27.5 Å². The van der Waals surface area contributed by atoms with Crippen LogP contribution in [0.2, 0.25) is 5.02 Å². The first kappa shape index (κ1) is 14.4. The predicted octanol–water partition coefficient (Wildman–Crippen LogP) is 5.08. The van der Waals surface area contributed by atoms with Gasteiger partial charge in [-0.15, -0.1) is 0 Å². The van der Waals surface area contributed by atoms with Crippen LogP contribution in [0.4, 0.5) is 5.69 Å². The van der Waals surface area contributed by atoms with Crippen molar-refractivity contribution in [1.29, 1.82) is 0 Å². The molecule has 0 aliphatic carbocycles. The Labute approximate surface area is 137 Å². The van der Waals surface area contributed by atoms with Crippen LogP contribution in [0.3, 0.4) is 0 Å². The van der Waals surface area contributed by atoms with Gasteiger partial charge in [-0.3, -0.25) is 0 Å². The van der Waals surface area contributed by atoms with Crippen molar-refractivity contribution in [3.8, 4) is 0 Å². The number of halogens is 2. The summed E-state index contributed by atoms with van der Waals surface area (Å²) in [5.41, 5.74) is 3.17. The van der Waals surface area contributed by atoms with Crippen molar-refractivity contribution in [3.63, 3.8) is 0 Å². The number of fused-ring (bicyclic) bond motifs is 1. The topological polar surface area (TPSA) is 29.9 Å². The fourth-order valence-electron chi connectivity index (χ4n) is 2.42. The fraction of sp³-hybridized carbons (Fsp3) is 0.188. The lowest BCUT2D eigenvalue weighted by Gasteiger charge is -2.10. The number of nitrogens with zero attached hydrogens (tertiary/aromatic N) is 2. The molecule has 3 aromatic rings. The van der Waals surface area contributed by atoms with Crippen LogP contribution in [0.25, 0.3) is 11.0 Å². The average molecular weight is 365 g/mol. The molecule has 0 amide bonds. The van der Waals surface area contributed by atoms with Crippen LogP contribution in [0.15, 0.2) is 46.9 Å². The average Bonchev–Trinajstić information content (AvgIpc) is 2.85. The van der Waals surface area contributed by atoms with E-state index in [2.05, 4.69) is 38.8 Å². The maximum Gasteiger partial charge on any atom is 0.129 e. The van der Waals surface area contributed by atoms with E-state index in [0.717, 1.165) is 28.0 Å². The van der Waals surface area contributed by atoms with Crippen LogP contribution in [-0.4, -0.2) is 9.55 Å². The molecular weight excluding hydrogens is 350 g/mol. The second kappa shape index (κ2) is 6.08. The highest BCUT2D eigenvalue weighted by Gasteiger charge is 2.09. The first-order valence-corrected chi connectivity index (χ1v) is 7.99. The second-order valence-electron chi connectivity index (χ2n) is 4.74. The first-order valence-electron chi connectivity index (χ1n) is 6.82. The quantitative estimate of drug-likeness (QED) is 0.699. The molecule has 1 heterocycles. The molecule has 108 valence electrons. The molecule has 1 aromatic heterocycles. The molecule has 3 rings (SSSR count). The highest BCUT2D eigenvalue weighted by atomic mass is 79.9. The molecule has 5 heteroatoms. The number of anilines is 1. The van der Waals surface area contributed by atoms with E-state index < -0.39 is 0 Å². The molecule has 21 heavy (non-hydrogen) atoms. The predicted molar refractivity (Wildman–Crippen MR) is 91.9 cm³/mol. The van der Waals surface area contributed by atoms with Gasteiger partial charge in [0.05, 0.1) is 23.3 Å². The number of para-hydroxylation sites is 2. The van der Waals surface area contributed by atoms with Crippen LogP contribution < -0.4 is 5.32 Å². The standard InChI is InChI=1S/C16H15BrClN3/c1-2-21-15-6-4-3-5-13(15)20-16(21)10-19-14-9-11(18)7-8-12(14)17/h3-9,19H,2,10H2,1H3. The van der Waals surface area contributed by atoms with E-state index in [1.165, 1.54) is 5.52 Å². The Bertz CT molecular complexity index is 782. The van der Waals surface area contributed by atoms with Crippen molar-refractivity contribution in [2.75, 3.05) is 5.32 Å². The van der Waals surface area contributed by atoms with Gasteiger partial charge in [-0.2, -0.15) is 0 Å². The van der Waals surface area contributed by atoms with E-state index in [9.17, 15) is 0 Å². The maximum atomic E-state index is 6.04. The maximum absolute atomic E-state index is 6.04. The Morgan fingerprint density at radius 3 is 2.86 bits per heavy atom. The van der Waals surface area contributed by atoms with Crippen molar-refractivity contribution < 1.29 is 0 Å². The summed E-state index contributed by atoms with van der Waals surface area (Å²) in [5, 5.41) is 4.10. The first-order chi connectivity index (χ1) is 10.2. The lowest BCUT2D eigenvalue weighted by Crippen LogP contribution is -2.08. The monoisotopic (exact) mass is 363 g/mol. The molecule has 2 aromatic carbocycles. The smallest absolute Gasteiger partial charge is 0.129 e. The summed E-state index contributed by atoms with van der Waals surface area (Å²) >= 11 is 9.57. The van der Waals surface area contributed by atoms with Gasteiger partial charge in [-0.05, 0) is 53.2 Å². The summed E-state index contributed by atoms with van der Waals surface area (Å²) in [6, 6.07) is 13.9. The summed E-state index contributed by atoms with van der Waals surface area (Å²) in [5.74, 6) is 1.02. The van der Waals surface area contributed by atoms with Gasteiger partial charge >= 0.3 is 0 Å². The van der Waals surface area contributed by atoms with E-state index in [4.69, 9.17) is 16.6 Å². The fourth-order valence-corrected chi connectivity index (χ4v) is 2.98. The van der Waals surface area contributed by atoms with Gasteiger partial charge in [0.15, 0.2) is 0 Å². The van der Waals surface area contributed by atoms with Gasteiger partial charge in [0, 0.05) is 16.0 Å². The van der Waals surface area contributed by atoms with E-state index in [1.54, 1.807) is 0 Å². The number of hydrogen-bond donors (Lipinski definition) is 1. The molecular formula is C16H15BrClN3. The molecule has 0 bridgehead atoms. The van der Waals surface area contributed by atoms with Crippen LogP contribution in [0.5, 0.6) is 0 Å². The zero-order valence-electron chi connectivity index (χ0n) is 11.6. The minimum absolute atomic E-state index is 0.654. The molecule has 0 aliphatic heterocycles. The third-order valence-corrected chi connectivity index (χ3v) is 4.34. The van der Waals surface area contributed by atoms with Crippen molar-refractivity contribution in [3.05, 3.63) is 57.8 Å². The van der Waals surface area contributed by atoms with Gasteiger partial charge in [0.1, 0.15) is 5.82 Å². The highest BCUT2D eigenvalue weighted by Crippen LogP contribution is 2.26. The Morgan fingerprint density at radius 1 is 1.24 bits per heavy atom. The molecule has 1 N–H and O–H groups in total. The molecule has 0 unspecified atom stereocenters. The molecule has 0 spiro atoms. The number of rotatable bonds is 4. The van der Waals surface area contributed by atoms with Crippen molar-refractivity contribution in [2.24, 2.45) is 0 Å². The van der Waals surface area contributed by atoms with Crippen LogP contribution in [-0.2, 0) is 13.1 Å². The van der Waals surface area contributed by atoms with Crippen LogP contribution in [0, 0.1) is 0 Å². The Hall–Kier alpha value is -1.52. The minimum atomic E-state index is 0.654. The number of hydrogen-bond acceptors (Lipinski definition) is 2. The lowest BCUT2D eigenvalue weighted by molar-refractivity contribution is 0.729.